The third-order valence-corrected chi connectivity index (χ3v) is 4.92. The van der Waals surface area contributed by atoms with E-state index in [0.29, 0.717) is 24.1 Å². The van der Waals surface area contributed by atoms with Crippen LogP contribution >= 0.6 is 0 Å². The topological polar surface area (TPSA) is 99.2 Å². The molecule has 1 heterocycles. The lowest BCUT2D eigenvalue weighted by atomic mass is 10.0. The molecular formula is C20H22N4O4. The monoisotopic (exact) mass is 382 g/mol. The van der Waals surface area contributed by atoms with Crippen LogP contribution in [0.3, 0.4) is 0 Å². The number of carbonyl (C=O) groups is 1. The molecule has 1 aromatic heterocycles. The molecule has 0 aliphatic heterocycles. The molecule has 8 nitrogen and oxygen atoms in total. The molecule has 0 fully saturated rings. The second-order valence-electron chi connectivity index (χ2n) is 6.51. The number of fused-ring (bicyclic) bond motifs is 1. The van der Waals surface area contributed by atoms with Crippen LogP contribution in [0.2, 0.25) is 0 Å². The molecule has 3 aromatic rings. The van der Waals surface area contributed by atoms with E-state index in [1.165, 1.54) is 16.7 Å². The summed E-state index contributed by atoms with van der Waals surface area (Å²) in [7, 11) is 0. The summed E-state index contributed by atoms with van der Waals surface area (Å²) in [6, 6.07) is 12.1. The number of anilines is 1. The number of hydrogen-bond donors (Lipinski definition) is 1. The van der Waals surface area contributed by atoms with Crippen molar-refractivity contribution in [3.8, 4) is 0 Å². The van der Waals surface area contributed by atoms with Gasteiger partial charge in [0.05, 0.1) is 21.9 Å². The average molecular weight is 382 g/mol. The zero-order valence-electron chi connectivity index (χ0n) is 16.0. The fourth-order valence-corrected chi connectivity index (χ4v) is 3.35. The average Bonchev–Trinajstić information content (AvgIpc) is 2.96. The normalized spacial score (nSPS) is 12.1. The molecule has 1 atom stereocenters. The van der Waals surface area contributed by atoms with E-state index >= 15 is 0 Å². The summed E-state index contributed by atoms with van der Waals surface area (Å²) in [4.78, 5) is 36.3. The van der Waals surface area contributed by atoms with E-state index in [0.717, 1.165) is 5.56 Å². The Bertz CT molecular complexity index is 1100. The summed E-state index contributed by atoms with van der Waals surface area (Å²) in [6.45, 7) is 6.20. The van der Waals surface area contributed by atoms with E-state index in [-0.39, 0.29) is 23.0 Å². The minimum atomic E-state index is -0.546. The second-order valence-corrected chi connectivity index (χ2v) is 6.51. The highest BCUT2D eigenvalue weighted by Gasteiger charge is 2.24. The number of carbonyl (C=O) groups excluding carboxylic acids is 1. The molecule has 0 unspecified atom stereocenters. The summed E-state index contributed by atoms with van der Waals surface area (Å²) in [6.07, 6.45) is 0. The van der Waals surface area contributed by atoms with Crippen molar-refractivity contribution in [3.05, 3.63) is 68.6 Å². The van der Waals surface area contributed by atoms with E-state index in [4.69, 9.17) is 0 Å². The Hall–Kier alpha value is -3.42. The van der Waals surface area contributed by atoms with Gasteiger partial charge >= 0.3 is 5.69 Å². The van der Waals surface area contributed by atoms with Crippen LogP contribution in [-0.4, -0.2) is 20.0 Å². The SMILES string of the molecule is CCn1c(=O)n(CC)c2cc([N+](=O)[O-])c(NC(=O)[C@H](C)c3ccccc3)cc21. The number of aryl methyl sites for hydroxylation is 2. The van der Waals surface area contributed by atoms with Crippen LogP contribution in [0.5, 0.6) is 0 Å². The third kappa shape index (κ3) is 3.28. The van der Waals surface area contributed by atoms with Crippen molar-refractivity contribution in [1.82, 2.24) is 9.13 Å². The third-order valence-electron chi connectivity index (χ3n) is 4.92. The molecule has 8 heteroatoms. The summed E-state index contributed by atoms with van der Waals surface area (Å²) in [5.74, 6) is -0.834. The van der Waals surface area contributed by atoms with Gasteiger partial charge in [-0.2, -0.15) is 0 Å². The number of hydrogen-bond acceptors (Lipinski definition) is 4. The molecule has 2 aromatic carbocycles. The summed E-state index contributed by atoms with van der Waals surface area (Å²) >= 11 is 0. The van der Waals surface area contributed by atoms with Crippen molar-refractivity contribution in [3.63, 3.8) is 0 Å². The van der Waals surface area contributed by atoms with Gasteiger partial charge < -0.3 is 5.32 Å². The summed E-state index contributed by atoms with van der Waals surface area (Å²) < 4.78 is 3.03. The molecule has 0 saturated carbocycles. The standard InChI is InChI=1S/C20H22N4O4/c1-4-22-17-11-15(21-19(25)13(3)14-9-7-6-8-10-14)16(24(27)28)12-18(17)23(5-2)20(22)26/h6-13H,4-5H2,1-3H3,(H,21,25)/t13-/m1/s1. The van der Waals surface area contributed by atoms with Crippen LogP contribution in [0.25, 0.3) is 11.0 Å². The largest absolute Gasteiger partial charge is 0.329 e. The van der Waals surface area contributed by atoms with Gasteiger partial charge in [-0.1, -0.05) is 30.3 Å². The Morgan fingerprint density at radius 1 is 1.11 bits per heavy atom. The van der Waals surface area contributed by atoms with Crippen molar-refractivity contribution >= 4 is 28.3 Å². The zero-order chi connectivity index (χ0) is 20.4. The van der Waals surface area contributed by atoms with Crippen LogP contribution in [-0.2, 0) is 17.9 Å². The first-order valence-electron chi connectivity index (χ1n) is 9.16. The molecule has 0 aliphatic carbocycles. The fourth-order valence-electron chi connectivity index (χ4n) is 3.35. The number of nitro groups is 1. The maximum absolute atomic E-state index is 12.7. The molecule has 0 bridgehead atoms. The molecule has 146 valence electrons. The highest BCUT2D eigenvalue weighted by Crippen LogP contribution is 2.31. The maximum atomic E-state index is 12.7. The highest BCUT2D eigenvalue weighted by molar-refractivity contribution is 5.99. The number of aromatic nitrogens is 2. The van der Waals surface area contributed by atoms with Crippen LogP contribution in [0, 0.1) is 10.1 Å². The van der Waals surface area contributed by atoms with Crippen LogP contribution in [0.4, 0.5) is 11.4 Å². The van der Waals surface area contributed by atoms with Gasteiger partial charge in [-0.3, -0.25) is 24.0 Å². The number of nitrogens with one attached hydrogen (secondary N) is 1. The predicted molar refractivity (Wildman–Crippen MR) is 108 cm³/mol. The van der Waals surface area contributed by atoms with Gasteiger partial charge in [0.1, 0.15) is 5.69 Å². The molecule has 28 heavy (non-hydrogen) atoms. The van der Waals surface area contributed by atoms with Gasteiger partial charge in [0.25, 0.3) is 5.69 Å². The summed E-state index contributed by atoms with van der Waals surface area (Å²) in [5, 5.41) is 14.3. The zero-order valence-corrected chi connectivity index (χ0v) is 16.0. The van der Waals surface area contributed by atoms with Gasteiger partial charge in [0.2, 0.25) is 5.91 Å². The van der Waals surface area contributed by atoms with Crippen LogP contribution < -0.4 is 11.0 Å². The summed E-state index contributed by atoms with van der Waals surface area (Å²) in [5.41, 5.74) is 1.47. The molecule has 0 radical (unpaired) electrons. The van der Waals surface area contributed by atoms with Gasteiger partial charge in [-0.05, 0) is 32.4 Å². The number of imidazole rings is 1. The van der Waals surface area contributed by atoms with E-state index in [1.807, 2.05) is 44.2 Å². The molecule has 1 N–H and O–H groups in total. The quantitative estimate of drug-likeness (QED) is 0.521. The number of benzene rings is 2. The molecule has 0 aliphatic rings. The lowest BCUT2D eigenvalue weighted by Gasteiger charge is -2.13. The Morgan fingerprint density at radius 2 is 1.68 bits per heavy atom. The first-order chi connectivity index (χ1) is 13.4. The molecule has 0 saturated heterocycles. The molecule has 1 amide bonds. The van der Waals surface area contributed by atoms with Crippen molar-refractivity contribution in [2.24, 2.45) is 0 Å². The first kappa shape index (κ1) is 19.3. The molecule has 0 spiro atoms. The minimum Gasteiger partial charge on any atom is -0.320 e. The van der Waals surface area contributed by atoms with Crippen molar-refractivity contribution < 1.29 is 9.72 Å². The molecule has 3 rings (SSSR count). The Kier molecular flexibility index (Phi) is 5.30. The number of amides is 1. The van der Waals surface area contributed by atoms with Crippen molar-refractivity contribution in [2.75, 3.05) is 5.32 Å². The van der Waals surface area contributed by atoms with Crippen LogP contribution in [0.1, 0.15) is 32.3 Å². The van der Waals surface area contributed by atoms with E-state index in [9.17, 15) is 19.7 Å². The van der Waals surface area contributed by atoms with Gasteiger partial charge in [-0.15, -0.1) is 0 Å². The van der Waals surface area contributed by atoms with Gasteiger partial charge in [0.15, 0.2) is 0 Å². The predicted octanol–water partition coefficient (Wildman–Crippen LogP) is 3.49. The van der Waals surface area contributed by atoms with E-state index in [2.05, 4.69) is 5.32 Å². The highest BCUT2D eigenvalue weighted by atomic mass is 16.6. The van der Waals surface area contributed by atoms with Crippen LogP contribution in [0.15, 0.2) is 47.3 Å². The van der Waals surface area contributed by atoms with Crippen molar-refractivity contribution in [1.29, 1.82) is 0 Å². The smallest absolute Gasteiger partial charge is 0.320 e. The minimum absolute atomic E-state index is 0.0840. The lowest BCUT2D eigenvalue weighted by molar-refractivity contribution is -0.383. The fraction of sp³-hybridized carbons (Fsp3) is 0.300. The lowest BCUT2D eigenvalue weighted by Crippen LogP contribution is -2.23. The Morgan fingerprint density at radius 3 is 2.21 bits per heavy atom. The Balaban J connectivity index is 2.09. The number of nitrogens with zero attached hydrogens (tertiary/aromatic N) is 3. The molecular weight excluding hydrogens is 360 g/mol. The van der Waals surface area contributed by atoms with Gasteiger partial charge in [0, 0.05) is 19.2 Å². The van der Waals surface area contributed by atoms with E-state index in [1.54, 1.807) is 11.5 Å². The number of rotatable bonds is 6. The van der Waals surface area contributed by atoms with E-state index < -0.39 is 10.8 Å². The maximum Gasteiger partial charge on any atom is 0.329 e. The first-order valence-corrected chi connectivity index (χ1v) is 9.16. The second kappa shape index (κ2) is 7.67. The van der Waals surface area contributed by atoms with Crippen molar-refractivity contribution in [2.45, 2.75) is 39.8 Å². The number of nitro benzene ring substituents is 1. The van der Waals surface area contributed by atoms with Gasteiger partial charge in [-0.25, -0.2) is 4.79 Å². The Labute approximate surface area is 161 Å².